The van der Waals surface area contributed by atoms with Crippen molar-refractivity contribution in [2.45, 2.75) is 6.92 Å². The third-order valence-corrected chi connectivity index (χ3v) is 3.17. The first-order valence-corrected chi connectivity index (χ1v) is 6.45. The Kier molecular flexibility index (Phi) is 4.16. The second kappa shape index (κ2) is 5.85. The highest BCUT2D eigenvalue weighted by Gasteiger charge is 2.27. The van der Waals surface area contributed by atoms with E-state index in [1.165, 1.54) is 4.90 Å². The fourth-order valence-electron chi connectivity index (χ4n) is 2.01. The molecule has 108 valence electrons. The molecule has 2 heterocycles. The van der Waals surface area contributed by atoms with Gasteiger partial charge in [-0.1, -0.05) is 0 Å². The lowest BCUT2D eigenvalue weighted by atomic mass is 10.2. The summed E-state index contributed by atoms with van der Waals surface area (Å²) in [6.45, 7) is 3.35. The molecule has 0 aromatic carbocycles. The molecule has 0 saturated carbocycles. The fourth-order valence-corrected chi connectivity index (χ4v) is 2.01. The lowest BCUT2D eigenvalue weighted by Crippen LogP contribution is -2.50. The zero-order valence-corrected chi connectivity index (χ0v) is 11.5. The van der Waals surface area contributed by atoms with E-state index in [2.05, 4.69) is 10.3 Å². The maximum Gasteiger partial charge on any atom is 0.258 e. The van der Waals surface area contributed by atoms with Gasteiger partial charge in [0.15, 0.2) is 0 Å². The summed E-state index contributed by atoms with van der Waals surface area (Å²) in [5.41, 5.74) is 0.157. The molecule has 2 amide bonds. The number of carbonyl (C=O) groups is 2. The molecule has 1 aromatic rings. The highest BCUT2D eigenvalue weighted by atomic mass is 19.1. The number of nitrogens with one attached hydrogen (secondary N) is 1. The first kappa shape index (κ1) is 14.2. The van der Waals surface area contributed by atoms with E-state index >= 15 is 0 Å². The van der Waals surface area contributed by atoms with Gasteiger partial charge in [0.05, 0.1) is 11.8 Å². The summed E-state index contributed by atoms with van der Waals surface area (Å²) < 4.78 is 13.3. The van der Waals surface area contributed by atoms with Crippen LogP contribution < -0.4 is 5.32 Å². The van der Waals surface area contributed by atoms with Gasteiger partial charge in [0.1, 0.15) is 18.2 Å². The summed E-state index contributed by atoms with van der Waals surface area (Å²) in [5, 5.41) is 2.92. The number of rotatable bonds is 3. The number of nitrogens with zero attached hydrogens (tertiary/aromatic N) is 3. The van der Waals surface area contributed by atoms with Crippen LogP contribution >= 0.6 is 0 Å². The molecule has 1 aliphatic rings. The smallest absolute Gasteiger partial charge is 0.258 e. The minimum atomic E-state index is -0.574. The minimum absolute atomic E-state index is 0.0113. The van der Waals surface area contributed by atoms with Crippen molar-refractivity contribution < 1.29 is 14.0 Å². The van der Waals surface area contributed by atoms with Crippen molar-refractivity contribution >= 4 is 17.6 Å². The second-order valence-electron chi connectivity index (χ2n) is 4.62. The number of carbonyl (C=O) groups excluding carboxylic acids is 2. The summed E-state index contributed by atoms with van der Waals surface area (Å²) in [5.74, 6) is -0.742. The van der Waals surface area contributed by atoms with Gasteiger partial charge >= 0.3 is 0 Å². The molecule has 1 aliphatic heterocycles. The van der Waals surface area contributed by atoms with E-state index in [9.17, 15) is 14.0 Å². The van der Waals surface area contributed by atoms with Crippen LogP contribution in [0.3, 0.4) is 0 Å². The van der Waals surface area contributed by atoms with Gasteiger partial charge in [0.25, 0.3) is 5.91 Å². The lowest BCUT2D eigenvalue weighted by Gasteiger charge is -2.32. The normalized spacial score (nSPS) is 15.4. The van der Waals surface area contributed by atoms with E-state index in [4.69, 9.17) is 0 Å². The Balaban J connectivity index is 2.24. The number of pyridine rings is 1. The van der Waals surface area contributed by atoms with Crippen LogP contribution in [0.1, 0.15) is 17.3 Å². The molecule has 0 bridgehead atoms. The van der Waals surface area contributed by atoms with Crippen LogP contribution in [0, 0.1) is 5.82 Å². The van der Waals surface area contributed by atoms with Crippen LogP contribution in [0.5, 0.6) is 0 Å². The molecule has 0 radical (unpaired) electrons. The molecule has 7 heteroatoms. The minimum Gasteiger partial charge on any atom is -0.370 e. The third-order valence-electron chi connectivity index (χ3n) is 3.17. The quantitative estimate of drug-likeness (QED) is 0.879. The summed E-state index contributed by atoms with van der Waals surface area (Å²) >= 11 is 0. The number of likely N-dealkylation sites (N-methyl/N-ethyl adjacent to an activating group) is 1. The Morgan fingerprint density at radius 1 is 1.50 bits per heavy atom. The topological polar surface area (TPSA) is 65.5 Å². The second-order valence-corrected chi connectivity index (χ2v) is 4.62. The van der Waals surface area contributed by atoms with Crippen molar-refractivity contribution in [2.75, 3.05) is 38.5 Å². The lowest BCUT2D eigenvalue weighted by molar-refractivity contribution is -0.133. The Morgan fingerprint density at radius 3 is 2.90 bits per heavy atom. The molecule has 0 atom stereocenters. The predicted octanol–water partition coefficient (Wildman–Crippen LogP) is 0.567. The largest absolute Gasteiger partial charge is 0.370 e. The summed E-state index contributed by atoms with van der Waals surface area (Å²) in [6.07, 6.45) is 1.06. The van der Waals surface area contributed by atoms with Gasteiger partial charge in [-0.2, -0.15) is 0 Å². The number of piperazine rings is 1. The zero-order chi connectivity index (χ0) is 14.7. The van der Waals surface area contributed by atoms with Crippen LogP contribution in [0.15, 0.2) is 12.3 Å². The van der Waals surface area contributed by atoms with Gasteiger partial charge in [-0.25, -0.2) is 9.37 Å². The number of amides is 2. The third kappa shape index (κ3) is 2.87. The highest BCUT2D eigenvalue weighted by Crippen LogP contribution is 2.17. The molecule has 6 nitrogen and oxygen atoms in total. The number of halogens is 1. The van der Waals surface area contributed by atoms with Gasteiger partial charge in [0.2, 0.25) is 5.91 Å². The van der Waals surface area contributed by atoms with Gasteiger partial charge in [-0.15, -0.1) is 0 Å². The van der Waals surface area contributed by atoms with Crippen molar-refractivity contribution in [3.05, 3.63) is 23.6 Å². The van der Waals surface area contributed by atoms with Crippen molar-refractivity contribution in [3.63, 3.8) is 0 Å². The molecule has 0 unspecified atom stereocenters. The molecule has 1 aromatic heterocycles. The van der Waals surface area contributed by atoms with Crippen LogP contribution in [-0.2, 0) is 4.79 Å². The van der Waals surface area contributed by atoms with Crippen LogP contribution in [-0.4, -0.2) is 59.8 Å². The number of hydrogen-bond donors (Lipinski definition) is 1. The van der Waals surface area contributed by atoms with E-state index < -0.39 is 5.82 Å². The van der Waals surface area contributed by atoms with Crippen LogP contribution in [0.4, 0.5) is 10.2 Å². The maximum atomic E-state index is 13.3. The van der Waals surface area contributed by atoms with Crippen LogP contribution in [0.2, 0.25) is 0 Å². The van der Waals surface area contributed by atoms with Crippen molar-refractivity contribution in [1.82, 2.24) is 14.8 Å². The Bertz CT molecular complexity index is 535. The molecule has 2 rings (SSSR count). The summed E-state index contributed by atoms with van der Waals surface area (Å²) in [6, 6.07) is 1.15. The number of anilines is 1. The van der Waals surface area contributed by atoms with E-state index in [1.54, 1.807) is 11.9 Å². The average molecular weight is 280 g/mol. The Hall–Kier alpha value is -2.18. The van der Waals surface area contributed by atoms with Gasteiger partial charge in [-0.3, -0.25) is 9.59 Å². The maximum absolute atomic E-state index is 13.3. The molecular weight excluding hydrogens is 263 g/mol. The standard InChI is InChI=1S/C13H17FN4O2/c1-3-15-12-10(6-9(14)7-16-12)13(20)18-5-4-17(2)11(19)8-18/h6-7H,3-5,8H2,1-2H3,(H,15,16). The van der Waals surface area contributed by atoms with Crippen LogP contribution in [0.25, 0.3) is 0 Å². The first-order chi connectivity index (χ1) is 9.52. The Labute approximate surface area is 116 Å². The van der Waals surface area contributed by atoms with E-state index in [0.717, 1.165) is 12.3 Å². The molecule has 0 aliphatic carbocycles. The number of hydrogen-bond acceptors (Lipinski definition) is 4. The molecule has 1 saturated heterocycles. The van der Waals surface area contributed by atoms with E-state index in [1.807, 2.05) is 6.92 Å². The highest BCUT2D eigenvalue weighted by molar-refractivity contribution is 6.00. The average Bonchev–Trinajstić information content (AvgIpc) is 2.43. The zero-order valence-electron chi connectivity index (χ0n) is 11.5. The van der Waals surface area contributed by atoms with Crippen molar-refractivity contribution in [2.24, 2.45) is 0 Å². The summed E-state index contributed by atoms with van der Waals surface area (Å²) in [7, 11) is 1.69. The molecular formula is C13H17FN4O2. The van der Waals surface area contributed by atoms with Crippen molar-refractivity contribution in [1.29, 1.82) is 0 Å². The predicted molar refractivity (Wildman–Crippen MR) is 71.9 cm³/mol. The van der Waals surface area contributed by atoms with E-state index in [0.29, 0.717) is 25.5 Å². The first-order valence-electron chi connectivity index (χ1n) is 6.45. The van der Waals surface area contributed by atoms with Gasteiger partial charge in [0, 0.05) is 26.7 Å². The Morgan fingerprint density at radius 2 is 2.25 bits per heavy atom. The van der Waals surface area contributed by atoms with Gasteiger partial charge < -0.3 is 15.1 Å². The summed E-state index contributed by atoms with van der Waals surface area (Å²) in [4.78, 5) is 30.9. The molecule has 1 N–H and O–H groups in total. The molecule has 0 spiro atoms. The molecule has 1 fully saturated rings. The van der Waals surface area contributed by atoms with Gasteiger partial charge in [-0.05, 0) is 13.0 Å². The fraction of sp³-hybridized carbons (Fsp3) is 0.462. The molecule has 20 heavy (non-hydrogen) atoms. The van der Waals surface area contributed by atoms with E-state index in [-0.39, 0.29) is 23.9 Å². The monoisotopic (exact) mass is 280 g/mol. The van der Waals surface area contributed by atoms with Crippen molar-refractivity contribution in [3.8, 4) is 0 Å². The number of aromatic nitrogens is 1. The SMILES string of the molecule is CCNc1ncc(F)cc1C(=O)N1CCN(C)C(=O)C1.